The first-order valence-corrected chi connectivity index (χ1v) is 11.7. The van der Waals surface area contributed by atoms with Crippen LogP contribution in [0.15, 0.2) is 71.6 Å². The second-order valence-electron chi connectivity index (χ2n) is 7.77. The van der Waals surface area contributed by atoms with E-state index in [1.54, 1.807) is 37.4 Å². The van der Waals surface area contributed by atoms with E-state index in [0.29, 0.717) is 23.4 Å². The van der Waals surface area contributed by atoms with Crippen LogP contribution < -0.4 is 15.5 Å². The van der Waals surface area contributed by atoms with E-state index >= 15 is 0 Å². The quantitative estimate of drug-likeness (QED) is 0.539. The van der Waals surface area contributed by atoms with Crippen LogP contribution in [0.3, 0.4) is 0 Å². The molecule has 1 heterocycles. The van der Waals surface area contributed by atoms with Crippen LogP contribution in [-0.4, -0.2) is 37.1 Å². The predicted molar refractivity (Wildman–Crippen MR) is 132 cm³/mol. The minimum Gasteiger partial charge on any atom is -0.355 e. The zero-order chi connectivity index (χ0) is 23.4. The van der Waals surface area contributed by atoms with Crippen LogP contribution in [0, 0.1) is 6.92 Å². The Morgan fingerprint density at radius 3 is 2.52 bits per heavy atom. The normalized spacial score (nSPS) is 12.2. The van der Waals surface area contributed by atoms with Crippen molar-refractivity contribution in [3.05, 3.63) is 89.0 Å². The summed E-state index contributed by atoms with van der Waals surface area (Å²) in [6.07, 6.45) is 0.865. The minimum atomic E-state index is -0.257. The second-order valence-corrected chi connectivity index (χ2v) is 8.79. The molecule has 0 spiro atoms. The van der Waals surface area contributed by atoms with E-state index in [4.69, 9.17) is 0 Å². The number of fused-ring (bicyclic) bond motifs is 1. The highest BCUT2D eigenvalue weighted by atomic mass is 32.2. The van der Waals surface area contributed by atoms with Gasteiger partial charge in [-0.15, -0.1) is 11.8 Å². The van der Waals surface area contributed by atoms with Crippen molar-refractivity contribution in [2.45, 2.75) is 18.2 Å². The molecule has 0 saturated heterocycles. The number of nitrogens with zero attached hydrogens (tertiary/aromatic N) is 1. The van der Waals surface area contributed by atoms with Crippen LogP contribution in [-0.2, 0) is 11.2 Å². The number of rotatable bonds is 6. The van der Waals surface area contributed by atoms with E-state index in [2.05, 4.69) is 16.7 Å². The molecule has 0 fully saturated rings. The summed E-state index contributed by atoms with van der Waals surface area (Å²) in [5.74, 6) is -0.157. The van der Waals surface area contributed by atoms with Crippen LogP contribution in [0.1, 0.15) is 31.8 Å². The molecular formula is C26H25N3O3S. The lowest BCUT2D eigenvalue weighted by atomic mass is 10.1. The number of para-hydroxylation sites is 1. The molecule has 0 radical (unpaired) electrons. The van der Waals surface area contributed by atoms with Gasteiger partial charge in [0.2, 0.25) is 5.91 Å². The summed E-state index contributed by atoms with van der Waals surface area (Å²) in [7, 11) is 1.58. The van der Waals surface area contributed by atoms with Gasteiger partial charge in [-0.25, -0.2) is 0 Å². The number of amides is 3. The van der Waals surface area contributed by atoms with Crippen LogP contribution in [0.4, 0.5) is 11.4 Å². The fourth-order valence-electron chi connectivity index (χ4n) is 3.87. The Bertz CT molecular complexity index is 1220. The summed E-state index contributed by atoms with van der Waals surface area (Å²) in [6.45, 7) is 2.53. The smallest absolute Gasteiger partial charge is 0.256 e. The first-order valence-electron chi connectivity index (χ1n) is 10.7. The third-order valence-electron chi connectivity index (χ3n) is 5.63. The number of aryl methyl sites for hydroxylation is 1. The molecule has 33 heavy (non-hydrogen) atoms. The molecule has 0 bridgehead atoms. The van der Waals surface area contributed by atoms with Crippen molar-refractivity contribution in [3.8, 4) is 0 Å². The molecule has 1 aliphatic heterocycles. The number of anilines is 2. The van der Waals surface area contributed by atoms with E-state index in [0.717, 1.165) is 22.6 Å². The largest absolute Gasteiger partial charge is 0.355 e. The Balaban J connectivity index is 1.45. The van der Waals surface area contributed by atoms with Crippen molar-refractivity contribution < 1.29 is 14.4 Å². The number of carbonyl (C=O) groups is 3. The Morgan fingerprint density at radius 1 is 0.970 bits per heavy atom. The van der Waals surface area contributed by atoms with Gasteiger partial charge in [-0.2, -0.15) is 0 Å². The average molecular weight is 460 g/mol. The van der Waals surface area contributed by atoms with Gasteiger partial charge in [-0.05, 0) is 60.9 Å². The van der Waals surface area contributed by atoms with E-state index < -0.39 is 0 Å². The molecule has 6 nitrogen and oxygen atoms in total. The summed E-state index contributed by atoms with van der Waals surface area (Å²) in [6, 6.07) is 20.4. The van der Waals surface area contributed by atoms with Gasteiger partial charge in [-0.1, -0.05) is 30.3 Å². The number of thioether (sulfide) groups is 1. The molecule has 3 aromatic carbocycles. The maximum absolute atomic E-state index is 13.0. The van der Waals surface area contributed by atoms with Gasteiger partial charge in [0, 0.05) is 35.4 Å². The lowest BCUT2D eigenvalue weighted by molar-refractivity contribution is -0.116. The van der Waals surface area contributed by atoms with E-state index in [9.17, 15) is 14.4 Å². The second kappa shape index (κ2) is 9.92. The molecule has 1 aliphatic rings. The Morgan fingerprint density at radius 2 is 1.73 bits per heavy atom. The lowest BCUT2D eigenvalue weighted by Gasteiger charge is -2.17. The molecule has 3 amide bonds. The predicted octanol–water partition coefficient (Wildman–Crippen LogP) is 4.29. The third kappa shape index (κ3) is 4.93. The fraction of sp³-hybridized carbons (Fsp3) is 0.192. The molecule has 0 aromatic heterocycles. The Labute approximate surface area is 197 Å². The molecule has 7 heteroatoms. The molecule has 0 aliphatic carbocycles. The molecule has 3 aromatic rings. The van der Waals surface area contributed by atoms with Crippen molar-refractivity contribution >= 4 is 40.9 Å². The van der Waals surface area contributed by atoms with Crippen molar-refractivity contribution in [2.75, 3.05) is 29.6 Å². The van der Waals surface area contributed by atoms with E-state index in [1.165, 1.54) is 17.3 Å². The molecule has 4 rings (SSSR count). The Hall–Kier alpha value is -3.58. The molecule has 168 valence electrons. The third-order valence-corrected chi connectivity index (χ3v) is 6.69. The highest BCUT2D eigenvalue weighted by Crippen LogP contribution is 2.30. The SMILES string of the molecule is CNC(=O)c1ccc(NC(=O)c2ccccc2SCC(=O)N2CCc3ccccc32)c(C)c1. The van der Waals surface area contributed by atoms with Crippen LogP contribution in [0.2, 0.25) is 0 Å². The monoisotopic (exact) mass is 459 g/mol. The first kappa shape index (κ1) is 22.6. The van der Waals surface area contributed by atoms with Crippen molar-refractivity contribution in [3.63, 3.8) is 0 Å². The molecule has 2 N–H and O–H groups in total. The van der Waals surface area contributed by atoms with Gasteiger partial charge in [-0.3, -0.25) is 14.4 Å². The summed E-state index contributed by atoms with van der Waals surface area (Å²) in [5, 5.41) is 5.52. The van der Waals surface area contributed by atoms with Gasteiger partial charge in [0.05, 0.1) is 11.3 Å². The number of carbonyl (C=O) groups excluding carboxylic acids is 3. The topological polar surface area (TPSA) is 78.5 Å². The van der Waals surface area contributed by atoms with Gasteiger partial charge in [0.25, 0.3) is 11.8 Å². The van der Waals surface area contributed by atoms with Crippen LogP contribution >= 0.6 is 11.8 Å². The van der Waals surface area contributed by atoms with Gasteiger partial charge < -0.3 is 15.5 Å². The van der Waals surface area contributed by atoms with E-state index in [1.807, 2.05) is 42.2 Å². The summed E-state index contributed by atoms with van der Waals surface area (Å²) >= 11 is 1.36. The van der Waals surface area contributed by atoms with E-state index in [-0.39, 0.29) is 23.5 Å². The van der Waals surface area contributed by atoms with Crippen molar-refractivity contribution in [1.82, 2.24) is 5.32 Å². The lowest BCUT2D eigenvalue weighted by Crippen LogP contribution is -2.30. The molecular weight excluding hydrogens is 434 g/mol. The van der Waals surface area contributed by atoms with Gasteiger partial charge in [0.15, 0.2) is 0 Å². The Kier molecular flexibility index (Phi) is 6.79. The fourth-order valence-corrected chi connectivity index (χ4v) is 4.80. The summed E-state index contributed by atoms with van der Waals surface area (Å²) in [4.78, 5) is 40.3. The number of nitrogens with one attached hydrogen (secondary N) is 2. The van der Waals surface area contributed by atoms with Gasteiger partial charge >= 0.3 is 0 Å². The minimum absolute atomic E-state index is 0.0285. The highest BCUT2D eigenvalue weighted by molar-refractivity contribution is 8.00. The average Bonchev–Trinajstić information content (AvgIpc) is 3.27. The maximum Gasteiger partial charge on any atom is 0.256 e. The van der Waals surface area contributed by atoms with Crippen LogP contribution in [0.25, 0.3) is 0 Å². The highest BCUT2D eigenvalue weighted by Gasteiger charge is 2.24. The standard InChI is InChI=1S/C26H25N3O3S/c1-17-15-19(25(31)27-2)11-12-21(17)28-26(32)20-8-4-6-10-23(20)33-16-24(30)29-14-13-18-7-3-5-9-22(18)29/h3-12,15H,13-14,16H2,1-2H3,(H,27,31)(H,28,32). The molecule has 0 atom stereocenters. The van der Waals surface area contributed by atoms with Crippen molar-refractivity contribution in [1.29, 1.82) is 0 Å². The number of hydrogen-bond acceptors (Lipinski definition) is 4. The summed E-state index contributed by atoms with van der Waals surface area (Å²) < 4.78 is 0. The molecule has 0 unspecified atom stereocenters. The zero-order valence-corrected chi connectivity index (χ0v) is 19.4. The van der Waals surface area contributed by atoms with Gasteiger partial charge in [0.1, 0.15) is 0 Å². The van der Waals surface area contributed by atoms with Crippen LogP contribution in [0.5, 0.6) is 0 Å². The number of benzene rings is 3. The van der Waals surface area contributed by atoms with Crippen molar-refractivity contribution in [2.24, 2.45) is 0 Å². The number of hydrogen-bond donors (Lipinski definition) is 2. The molecule has 0 saturated carbocycles. The maximum atomic E-state index is 13.0. The first-order chi connectivity index (χ1) is 16.0. The zero-order valence-electron chi connectivity index (χ0n) is 18.6. The summed E-state index contributed by atoms with van der Waals surface area (Å²) in [5.41, 5.74) is 4.63.